The lowest BCUT2D eigenvalue weighted by Crippen LogP contribution is -2.24. The summed E-state index contributed by atoms with van der Waals surface area (Å²) in [7, 11) is -3.96. The van der Waals surface area contributed by atoms with Crippen LogP contribution in [0, 0.1) is 12.8 Å². The van der Waals surface area contributed by atoms with Gasteiger partial charge < -0.3 is 5.11 Å². The van der Waals surface area contributed by atoms with Crippen LogP contribution in [0.1, 0.15) is 11.1 Å². The predicted molar refractivity (Wildman–Crippen MR) is 85.6 cm³/mol. The van der Waals surface area contributed by atoms with Crippen LogP contribution in [0.5, 0.6) is 0 Å². The van der Waals surface area contributed by atoms with Gasteiger partial charge in [0, 0.05) is 0 Å². The molecule has 0 bridgehead atoms. The van der Waals surface area contributed by atoms with Crippen molar-refractivity contribution in [3.05, 3.63) is 65.7 Å². The summed E-state index contributed by atoms with van der Waals surface area (Å²) < 4.78 is 29.2. The standard InChI is InChI=1S/C17H18O5S/c1-13-7-9-16(10-8-13)23(20,21)22-12-15(17(18)19)11-14-5-3-2-4-6-14/h2-10,15H,11-12H2,1H3,(H,18,19)/t15-/m1/s1. The summed E-state index contributed by atoms with van der Waals surface area (Å²) in [5.74, 6) is -2.02. The van der Waals surface area contributed by atoms with Gasteiger partial charge in [-0.3, -0.25) is 8.98 Å². The van der Waals surface area contributed by atoms with Crippen LogP contribution in [0.2, 0.25) is 0 Å². The lowest BCUT2D eigenvalue weighted by atomic mass is 10.0. The summed E-state index contributed by atoms with van der Waals surface area (Å²) in [4.78, 5) is 11.3. The Hall–Kier alpha value is -2.18. The van der Waals surface area contributed by atoms with Crippen LogP contribution < -0.4 is 0 Å². The molecule has 0 radical (unpaired) electrons. The maximum atomic E-state index is 12.1. The van der Waals surface area contributed by atoms with Crippen molar-refractivity contribution in [1.82, 2.24) is 0 Å². The van der Waals surface area contributed by atoms with Gasteiger partial charge in [0.25, 0.3) is 10.1 Å². The van der Waals surface area contributed by atoms with Gasteiger partial charge >= 0.3 is 5.97 Å². The zero-order valence-corrected chi connectivity index (χ0v) is 13.5. The number of carbonyl (C=O) groups is 1. The van der Waals surface area contributed by atoms with Gasteiger partial charge in [-0.2, -0.15) is 8.42 Å². The lowest BCUT2D eigenvalue weighted by Gasteiger charge is -2.13. The van der Waals surface area contributed by atoms with Crippen LogP contribution >= 0.6 is 0 Å². The Bertz CT molecular complexity index is 751. The Balaban J connectivity index is 2.06. The molecule has 0 amide bonds. The molecule has 0 aliphatic heterocycles. The molecule has 0 saturated carbocycles. The molecule has 0 aliphatic carbocycles. The number of benzene rings is 2. The van der Waals surface area contributed by atoms with Crippen LogP contribution in [0.15, 0.2) is 59.5 Å². The highest BCUT2D eigenvalue weighted by molar-refractivity contribution is 7.86. The van der Waals surface area contributed by atoms with E-state index in [4.69, 9.17) is 4.18 Å². The van der Waals surface area contributed by atoms with Crippen molar-refractivity contribution in [2.75, 3.05) is 6.61 Å². The Morgan fingerprint density at radius 3 is 2.26 bits per heavy atom. The lowest BCUT2D eigenvalue weighted by molar-refractivity contribution is -0.142. The molecule has 0 heterocycles. The molecule has 0 fully saturated rings. The van der Waals surface area contributed by atoms with Crippen molar-refractivity contribution in [2.24, 2.45) is 5.92 Å². The SMILES string of the molecule is Cc1ccc(S(=O)(=O)OC[C@@H](Cc2ccccc2)C(=O)O)cc1. The highest BCUT2D eigenvalue weighted by atomic mass is 32.2. The number of hydrogen-bond acceptors (Lipinski definition) is 4. The van der Waals surface area contributed by atoms with E-state index in [0.29, 0.717) is 0 Å². The van der Waals surface area contributed by atoms with Gasteiger partial charge in [-0.1, -0.05) is 48.0 Å². The smallest absolute Gasteiger partial charge is 0.309 e. The molecule has 0 saturated heterocycles. The third-order valence-electron chi connectivity index (χ3n) is 3.41. The normalized spacial score (nSPS) is 12.7. The van der Waals surface area contributed by atoms with E-state index in [9.17, 15) is 18.3 Å². The molecule has 0 aliphatic rings. The monoisotopic (exact) mass is 334 g/mol. The molecule has 0 unspecified atom stereocenters. The first kappa shape index (κ1) is 17.2. The van der Waals surface area contributed by atoms with Gasteiger partial charge in [-0.15, -0.1) is 0 Å². The van der Waals surface area contributed by atoms with Gasteiger partial charge in [0.1, 0.15) is 0 Å². The maximum Gasteiger partial charge on any atom is 0.309 e. The van der Waals surface area contributed by atoms with Gasteiger partial charge in [-0.05, 0) is 31.0 Å². The fraction of sp³-hybridized carbons (Fsp3) is 0.235. The Morgan fingerprint density at radius 1 is 1.09 bits per heavy atom. The average molecular weight is 334 g/mol. The second kappa shape index (κ2) is 7.39. The second-order valence-corrected chi connectivity index (χ2v) is 6.89. The van der Waals surface area contributed by atoms with Crippen molar-refractivity contribution in [1.29, 1.82) is 0 Å². The van der Waals surface area contributed by atoms with Crippen molar-refractivity contribution >= 4 is 16.1 Å². The fourth-order valence-electron chi connectivity index (χ4n) is 2.06. The molecule has 2 rings (SSSR count). The number of rotatable bonds is 7. The van der Waals surface area contributed by atoms with E-state index in [1.54, 1.807) is 36.4 Å². The minimum absolute atomic E-state index is 0.0203. The number of aryl methyl sites for hydroxylation is 1. The van der Waals surface area contributed by atoms with Gasteiger partial charge in [0.15, 0.2) is 0 Å². The maximum absolute atomic E-state index is 12.1. The molecule has 23 heavy (non-hydrogen) atoms. The van der Waals surface area contributed by atoms with Gasteiger partial charge in [-0.25, -0.2) is 0 Å². The van der Waals surface area contributed by atoms with E-state index < -0.39 is 28.6 Å². The van der Waals surface area contributed by atoms with Crippen LogP contribution in [0.25, 0.3) is 0 Å². The van der Waals surface area contributed by atoms with Gasteiger partial charge in [0.2, 0.25) is 0 Å². The van der Waals surface area contributed by atoms with Gasteiger partial charge in [0.05, 0.1) is 17.4 Å². The zero-order chi connectivity index (χ0) is 16.9. The summed E-state index contributed by atoms with van der Waals surface area (Å²) >= 11 is 0. The van der Waals surface area contributed by atoms with Crippen molar-refractivity contribution in [3.8, 4) is 0 Å². The zero-order valence-electron chi connectivity index (χ0n) is 12.7. The van der Waals surface area contributed by atoms with Crippen LogP contribution in [0.4, 0.5) is 0 Å². The highest BCUT2D eigenvalue weighted by Gasteiger charge is 2.23. The first-order valence-electron chi connectivity index (χ1n) is 7.11. The second-order valence-electron chi connectivity index (χ2n) is 5.28. The molecule has 6 heteroatoms. The molecular weight excluding hydrogens is 316 g/mol. The molecule has 0 spiro atoms. The van der Waals surface area contributed by atoms with E-state index in [0.717, 1.165) is 11.1 Å². The van der Waals surface area contributed by atoms with Crippen LogP contribution in [-0.4, -0.2) is 26.1 Å². The van der Waals surface area contributed by atoms with Crippen molar-refractivity contribution in [3.63, 3.8) is 0 Å². The Morgan fingerprint density at radius 2 is 1.70 bits per heavy atom. The van der Waals surface area contributed by atoms with E-state index >= 15 is 0 Å². The van der Waals surface area contributed by atoms with Crippen molar-refractivity contribution < 1.29 is 22.5 Å². The molecule has 0 aromatic heterocycles. The van der Waals surface area contributed by atoms with E-state index in [1.807, 2.05) is 13.0 Å². The summed E-state index contributed by atoms with van der Waals surface area (Å²) in [5, 5.41) is 9.26. The molecule has 2 aromatic rings. The van der Waals surface area contributed by atoms with E-state index in [2.05, 4.69) is 0 Å². The van der Waals surface area contributed by atoms with Crippen LogP contribution in [0.3, 0.4) is 0 Å². The predicted octanol–water partition coefficient (Wildman–Crippen LogP) is 2.64. The minimum Gasteiger partial charge on any atom is -0.481 e. The number of hydrogen-bond donors (Lipinski definition) is 1. The third kappa shape index (κ3) is 4.91. The Kier molecular flexibility index (Phi) is 5.52. The minimum atomic E-state index is -3.96. The quantitative estimate of drug-likeness (QED) is 0.787. The number of aliphatic carboxylic acids is 1. The first-order valence-corrected chi connectivity index (χ1v) is 8.52. The molecule has 5 nitrogen and oxygen atoms in total. The van der Waals surface area contributed by atoms with Crippen LogP contribution in [-0.2, 0) is 25.5 Å². The summed E-state index contributed by atoms with van der Waals surface area (Å²) in [6.07, 6.45) is 0.208. The number of carboxylic acids is 1. The molecule has 1 atom stereocenters. The highest BCUT2D eigenvalue weighted by Crippen LogP contribution is 2.16. The largest absolute Gasteiger partial charge is 0.481 e. The third-order valence-corrected chi connectivity index (χ3v) is 4.70. The average Bonchev–Trinajstić information content (AvgIpc) is 2.52. The fourth-order valence-corrected chi connectivity index (χ4v) is 3.01. The van der Waals surface area contributed by atoms with Crippen molar-refractivity contribution in [2.45, 2.75) is 18.2 Å². The summed E-state index contributed by atoms with van der Waals surface area (Å²) in [5.41, 5.74) is 1.74. The van der Waals surface area contributed by atoms with E-state index in [-0.39, 0.29) is 11.3 Å². The summed E-state index contributed by atoms with van der Waals surface area (Å²) in [6.45, 7) is 1.44. The first-order chi connectivity index (χ1) is 10.9. The summed E-state index contributed by atoms with van der Waals surface area (Å²) in [6, 6.07) is 15.2. The molecule has 1 N–H and O–H groups in total. The van der Waals surface area contributed by atoms with E-state index in [1.165, 1.54) is 12.1 Å². The number of carboxylic acid groups (broad SMARTS) is 1. The molecule has 122 valence electrons. The molecular formula is C17H18O5S. The topological polar surface area (TPSA) is 80.7 Å². The molecule has 2 aromatic carbocycles. The Labute approximate surface area is 135 Å².